The number of aromatic nitrogens is 8. The number of ether oxygens (including phenoxy) is 2. The van der Waals surface area contributed by atoms with Crippen molar-refractivity contribution in [1.29, 1.82) is 0 Å². The van der Waals surface area contributed by atoms with E-state index in [2.05, 4.69) is 54.4 Å². The molecule has 4 aromatic heterocycles. The molecular formula is C22H28N10O10P2S2. The van der Waals surface area contributed by atoms with Gasteiger partial charge in [-0.3, -0.25) is 27.9 Å². The molecule has 3 fully saturated rings. The van der Waals surface area contributed by atoms with Gasteiger partial charge in [0.15, 0.2) is 28.9 Å². The van der Waals surface area contributed by atoms with E-state index >= 15 is 0 Å². The van der Waals surface area contributed by atoms with Gasteiger partial charge in [-0.05, 0) is 6.42 Å². The molecule has 2 bridgehead atoms. The van der Waals surface area contributed by atoms with Crippen LogP contribution in [0.2, 0.25) is 0 Å². The Morgan fingerprint density at radius 2 is 1.70 bits per heavy atom. The predicted octanol–water partition coefficient (Wildman–Crippen LogP) is 0.851. The van der Waals surface area contributed by atoms with Gasteiger partial charge in [0.25, 0.3) is 5.56 Å². The van der Waals surface area contributed by atoms with Gasteiger partial charge >= 0.3 is 13.6 Å². The van der Waals surface area contributed by atoms with E-state index < -0.39 is 74.5 Å². The summed E-state index contributed by atoms with van der Waals surface area (Å²) in [6, 6.07) is -0.710. The zero-order valence-corrected chi connectivity index (χ0v) is 27.2. The van der Waals surface area contributed by atoms with Gasteiger partial charge < -0.3 is 35.1 Å². The molecule has 6 N–H and O–H groups in total. The number of rotatable bonds is 3. The Labute approximate surface area is 268 Å². The van der Waals surface area contributed by atoms with Crippen LogP contribution in [0.15, 0.2) is 23.8 Å². The molecule has 6 heterocycles. The van der Waals surface area contributed by atoms with E-state index in [9.17, 15) is 19.0 Å². The van der Waals surface area contributed by atoms with E-state index in [0.717, 1.165) is 0 Å². The van der Waals surface area contributed by atoms with Crippen LogP contribution in [0, 0.1) is 5.92 Å². The molecule has 248 valence electrons. The van der Waals surface area contributed by atoms with Crippen LogP contribution in [-0.4, -0.2) is 95.0 Å². The number of nitrogens with zero attached hydrogens (tertiary/aromatic N) is 7. The lowest BCUT2D eigenvalue weighted by molar-refractivity contribution is -0.0543. The summed E-state index contributed by atoms with van der Waals surface area (Å²) in [5.41, 5.74) is 11.8. The number of methoxy groups -OCH3 is 1. The number of aliphatic hydroxyl groups is 1. The molecule has 0 amide bonds. The van der Waals surface area contributed by atoms with Crippen molar-refractivity contribution in [3.8, 4) is 0 Å². The fourth-order valence-corrected chi connectivity index (χ4v) is 9.13. The first-order valence-electron chi connectivity index (χ1n) is 13.7. The summed E-state index contributed by atoms with van der Waals surface area (Å²) in [6.07, 6.45) is -2.71. The molecule has 0 radical (unpaired) electrons. The number of fused-ring (bicyclic) bond motifs is 5. The van der Waals surface area contributed by atoms with Crippen molar-refractivity contribution in [2.75, 3.05) is 31.8 Å². The summed E-state index contributed by atoms with van der Waals surface area (Å²) in [4.78, 5) is 35.5. The second-order valence-electron chi connectivity index (χ2n) is 10.8. The number of aromatic amines is 1. The van der Waals surface area contributed by atoms with Crippen molar-refractivity contribution < 1.29 is 41.8 Å². The molecule has 0 aromatic carbocycles. The number of nitrogen functional groups attached to an aromatic ring is 2. The Kier molecular flexibility index (Phi) is 8.21. The minimum atomic E-state index is -4.23. The van der Waals surface area contributed by atoms with Crippen LogP contribution in [0.25, 0.3) is 22.3 Å². The third-order valence-corrected chi connectivity index (χ3v) is 11.4. The van der Waals surface area contributed by atoms with Gasteiger partial charge in [0.1, 0.15) is 42.4 Å². The number of thiol groups is 2. The first kappa shape index (κ1) is 32.0. The van der Waals surface area contributed by atoms with Gasteiger partial charge in [0.2, 0.25) is 5.95 Å². The molecule has 10 atom stereocenters. The Morgan fingerprint density at radius 3 is 2.46 bits per heavy atom. The monoisotopic (exact) mass is 718 g/mol. The summed E-state index contributed by atoms with van der Waals surface area (Å²) >= 11 is 8.40. The average molecular weight is 719 g/mol. The fraction of sp³-hybridized carbons (Fsp3) is 0.545. The zero-order chi connectivity index (χ0) is 32.5. The summed E-state index contributed by atoms with van der Waals surface area (Å²) in [7, 11) is 1.35. The smallest absolute Gasteiger partial charge is 0.386 e. The molecule has 20 nitrogen and oxygen atoms in total. The third kappa shape index (κ3) is 5.64. The highest BCUT2D eigenvalue weighted by atomic mass is 32.7. The van der Waals surface area contributed by atoms with Gasteiger partial charge in [0, 0.05) is 13.0 Å². The van der Waals surface area contributed by atoms with Crippen LogP contribution in [0.1, 0.15) is 18.7 Å². The van der Waals surface area contributed by atoms with Crippen LogP contribution >= 0.6 is 38.1 Å². The predicted molar refractivity (Wildman–Crippen MR) is 165 cm³/mol. The third-order valence-electron chi connectivity index (χ3n) is 8.13. The lowest BCUT2D eigenvalue weighted by atomic mass is 10.1. The number of nitrogens with two attached hydrogens (primary N) is 2. The molecular weight excluding hydrogens is 690 g/mol. The lowest BCUT2D eigenvalue weighted by Crippen LogP contribution is -2.37. The van der Waals surface area contributed by atoms with Gasteiger partial charge in [-0.1, -0.05) is 24.5 Å². The molecule has 4 aromatic rings. The molecule has 2 aliphatic heterocycles. The molecule has 0 spiro atoms. The second kappa shape index (κ2) is 11.8. The van der Waals surface area contributed by atoms with Crippen LogP contribution in [0.3, 0.4) is 0 Å². The van der Waals surface area contributed by atoms with E-state index in [1.807, 2.05) is 0 Å². The normalized spacial score (nSPS) is 37.1. The lowest BCUT2D eigenvalue weighted by Gasteiger charge is -2.27. The van der Waals surface area contributed by atoms with Crippen molar-refractivity contribution in [3.05, 3.63) is 29.3 Å². The van der Waals surface area contributed by atoms with Crippen LogP contribution in [0.4, 0.5) is 11.8 Å². The van der Waals surface area contributed by atoms with Gasteiger partial charge in [-0.25, -0.2) is 29.1 Å². The minimum Gasteiger partial charge on any atom is -0.388 e. The molecule has 1 saturated carbocycles. The minimum absolute atomic E-state index is 0.0432. The van der Waals surface area contributed by atoms with Crippen molar-refractivity contribution >= 4 is 72.2 Å². The quantitative estimate of drug-likeness (QED) is 0.127. The van der Waals surface area contributed by atoms with Crippen molar-refractivity contribution in [2.24, 2.45) is 5.92 Å². The first-order valence-corrected chi connectivity index (χ1v) is 19.1. The van der Waals surface area contributed by atoms with E-state index in [1.165, 1.54) is 30.7 Å². The van der Waals surface area contributed by atoms with Crippen molar-refractivity contribution in [1.82, 2.24) is 39.0 Å². The maximum Gasteiger partial charge on any atom is 0.386 e. The van der Waals surface area contributed by atoms with Crippen molar-refractivity contribution in [2.45, 2.75) is 49.2 Å². The molecule has 1 aliphatic carbocycles. The molecule has 46 heavy (non-hydrogen) atoms. The number of hydrogen-bond donors (Lipinski definition) is 6. The second-order valence-corrected chi connectivity index (χ2v) is 16.6. The van der Waals surface area contributed by atoms with Gasteiger partial charge in [-0.15, -0.1) is 0 Å². The summed E-state index contributed by atoms with van der Waals surface area (Å²) < 4.78 is 65.3. The number of nitrogens with one attached hydrogen (secondary N) is 1. The number of anilines is 2. The van der Waals surface area contributed by atoms with Crippen molar-refractivity contribution in [3.63, 3.8) is 0 Å². The van der Waals surface area contributed by atoms with E-state index in [0.29, 0.717) is 11.2 Å². The maximum atomic E-state index is 13.8. The molecule has 7 rings (SSSR count). The topological polar surface area (TPSA) is 269 Å². The zero-order valence-electron chi connectivity index (χ0n) is 23.7. The highest BCUT2D eigenvalue weighted by Gasteiger charge is 2.53. The highest BCUT2D eigenvalue weighted by Crippen LogP contribution is 2.61. The molecule has 3 aliphatic rings. The standard InChI is InChI=1S/C22H28N10O10P2S2/c1-37-15-10-4-39-44(36,46)41-14-8(2-9(13(14)33)31-6-27-11-17(23)25-5-26-18(11)31)3-38-43(35,45)42-16(15)21(40-10)32-7-28-12-19(32)29-22(24)30-20(12)34/h5-10,13-16,21,33H,2-4H2,1H3,(H,35,45)(H,36,46)(H2,23,25,26)(H3,24,29,30,34)/t8?,9?,10?,13?,14?,15?,16?,21?,43?,44-/m1/s1. The maximum absolute atomic E-state index is 13.8. The number of aliphatic hydroxyl groups excluding tert-OH is 1. The number of H-pyrrole nitrogens is 1. The number of hydrogen-bond acceptors (Lipinski definition) is 17. The van der Waals surface area contributed by atoms with E-state index in [4.69, 9.17) is 39.0 Å². The molecule has 9 unspecified atom stereocenters. The van der Waals surface area contributed by atoms with Gasteiger partial charge in [-0.2, -0.15) is 4.98 Å². The summed E-state index contributed by atoms with van der Waals surface area (Å²) in [6.45, 7) is -9.16. The summed E-state index contributed by atoms with van der Waals surface area (Å²) in [5, 5.41) is 11.4. The molecule has 2 saturated heterocycles. The van der Waals surface area contributed by atoms with Crippen LogP contribution in [-0.2, 0) is 36.7 Å². The van der Waals surface area contributed by atoms with E-state index in [-0.39, 0.29) is 36.0 Å². The highest BCUT2D eigenvalue weighted by molar-refractivity contribution is 8.44. The van der Waals surface area contributed by atoms with Crippen LogP contribution < -0.4 is 17.0 Å². The van der Waals surface area contributed by atoms with Crippen LogP contribution in [0.5, 0.6) is 0 Å². The first-order chi connectivity index (χ1) is 21.9. The summed E-state index contributed by atoms with van der Waals surface area (Å²) in [5.74, 6) is -0.744. The average Bonchev–Trinajstić information content (AvgIpc) is 3.75. The molecule has 24 heteroatoms. The number of imidazole rings is 2. The van der Waals surface area contributed by atoms with Gasteiger partial charge in [0.05, 0.1) is 31.9 Å². The fourth-order valence-electron chi connectivity index (χ4n) is 6.10. The Hall–Kier alpha value is -2.62. The Bertz CT molecular complexity index is 1960. The largest absolute Gasteiger partial charge is 0.388 e. The Morgan fingerprint density at radius 1 is 1.00 bits per heavy atom. The SMILES string of the molecule is COC1C2CO[P@@](=O)(S)OC3C(COP(=O)(S)OC1C(n1cnc4c(=O)[nH]c(N)nc41)O2)CC(n1cnc2c(N)ncnc21)C3O. The Balaban J connectivity index is 1.22. The van der Waals surface area contributed by atoms with E-state index in [1.54, 1.807) is 4.57 Å².